The van der Waals surface area contributed by atoms with Crippen LogP contribution in [-0.2, 0) is 0 Å². The molecule has 0 aliphatic carbocycles. The molecule has 0 amide bonds. The van der Waals surface area contributed by atoms with Gasteiger partial charge in [0.2, 0.25) is 0 Å². The normalized spacial score (nSPS) is 12.8. The van der Waals surface area contributed by atoms with E-state index in [9.17, 15) is 0 Å². The Bertz CT molecular complexity index is 1040. The van der Waals surface area contributed by atoms with Crippen molar-refractivity contribution in [3.05, 3.63) is 91.0 Å². The van der Waals surface area contributed by atoms with Crippen molar-refractivity contribution in [1.82, 2.24) is 0 Å². The van der Waals surface area contributed by atoms with Gasteiger partial charge in [0, 0.05) is 15.5 Å². The van der Waals surface area contributed by atoms with Crippen molar-refractivity contribution in [1.29, 1.82) is 0 Å². The Morgan fingerprint density at radius 3 is 2.04 bits per heavy atom. The van der Waals surface area contributed by atoms with E-state index in [2.05, 4.69) is 95.9 Å². The van der Waals surface area contributed by atoms with Crippen LogP contribution in [0, 0.1) is 0 Å². The van der Waals surface area contributed by atoms with Crippen molar-refractivity contribution < 1.29 is 0 Å². The van der Waals surface area contributed by atoms with Crippen LogP contribution in [0.25, 0.3) is 10.8 Å². The van der Waals surface area contributed by atoms with E-state index in [4.69, 9.17) is 0 Å². The Labute approximate surface area is 145 Å². The fraction of sp³-hybridized carbons (Fsp3) is 0. The molecule has 0 N–H and O–H groups in total. The first-order valence-corrected chi connectivity index (χ1v) is 8.87. The fourth-order valence-electron chi connectivity index (χ4n) is 3.30. The molecular weight excluding hydrogens is 310 g/mol. The van der Waals surface area contributed by atoms with Crippen LogP contribution in [-0.4, -0.2) is 0 Å². The van der Waals surface area contributed by atoms with Gasteiger partial charge in [-0.1, -0.05) is 66.4 Å². The van der Waals surface area contributed by atoms with Gasteiger partial charge in [0.15, 0.2) is 0 Å². The second kappa shape index (κ2) is 5.43. The fourth-order valence-corrected chi connectivity index (χ4v) is 4.38. The number of hydrogen-bond acceptors (Lipinski definition) is 2. The minimum atomic E-state index is 1.20. The maximum Gasteiger partial charge on any atom is 0.0608 e. The predicted octanol–water partition coefficient (Wildman–Crippen LogP) is 6.77. The van der Waals surface area contributed by atoms with Crippen LogP contribution in [0.3, 0.4) is 0 Å². The van der Waals surface area contributed by atoms with Crippen LogP contribution in [0.1, 0.15) is 0 Å². The molecule has 0 saturated heterocycles. The van der Waals surface area contributed by atoms with E-state index < -0.39 is 0 Å². The highest BCUT2D eigenvalue weighted by atomic mass is 32.2. The maximum absolute atomic E-state index is 2.37. The molecule has 0 unspecified atom stereocenters. The first kappa shape index (κ1) is 13.7. The SMILES string of the molecule is c1ccc(N2c3ccccc3Sc3cc4ccccc4cc32)cc1. The number of anilines is 3. The zero-order chi connectivity index (χ0) is 15.9. The van der Waals surface area contributed by atoms with Crippen molar-refractivity contribution in [2.75, 3.05) is 4.90 Å². The smallest absolute Gasteiger partial charge is 0.0608 e. The topological polar surface area (TPSA) is 3.24 Å². The van der Waals surface area contributed by atoms with Gasteiger partial charge in [0.05, 0.1) is 11.4 Å². The number of para-hydroxylation sites is 2. The third-order valence-electron chi connectivity index (χ3n) is 4.41. The number of benzene rings is 4. The summed E-state index contributed by atoms with van der Waals surface area (Å²) in [4.78, 5) is 4.97. The van der Waals surface area contributed by atoms with Gasteiger partial charge < -0.3 is 4.90 Å². The van der Waals surface area contributed by atoms with Crippen LogP contribution in [0.2, 0.25) is 0 Å². The summed E-state index contributed by atoms with van der Waals surface area (Å²) in [6.07, 6.45) is 0. The molecule has 0 spiro atoms. The molecule has 0 fully saturated rings. The number of fused-ring (bicyclic) bond motifs is 3. The molecule has 0 atom stereocenters. The minimum Gasteiger partial charge on any atom is -0.308 e. The van der Waals surface area contributed by atoms with Gasteiger partial charge in [-0.25, -0.2) is 0 Å². The van der Waals surface area contributed by atoms with Gasteiger partial charge >= 0.3 is 0 Å². The van der Waals surface area contributed by atoms with Crippen LogP contribution in [0.4, 0.5) is 17.1 Å². The highest BCUT2D eigenvalue weighted by Gasteiger charge is 2.24. The van der Waals surface area contributed by atoms with Gasteiger partial charge in [-0.05, 0) is 47.2 Å². The molecule has 0 aromatic heterocycles. The molecule has 4 aromatic rings. The number of rotatable bonds is 1. The molecule has 114 valence electrons. The average molecular weight is 325 g/mol. The lowest BCUT2D eigenvalue weighted by atomic mass is 10.1. The summed E-state index contributed by atoms with van der Waals surface area (Å²) >= 11 is 1.85. The van der Waals surface area contributed by atoms with Crippen LogP contribution >= 0.6 is 11.8 Å². The Balaban J connectivity index is 1.81. The second-order valence-electron chi connectivity index (χ2n) is 5.91. The summed E-state index contributed by atoms with van der Waals surface area (Å²) in [5.41, 5.74) is 3.70. The molecule has 5 rings (SSSR count). The van der Waals surface area contributed by atoms with Crippen molar-refractivity contribution >= 4 is 39.6 Å². The molecule has 4 aromatic carbocycles. The monoisotopic (exact) mass is 325 g/mol. The number of nitrogens with zero attached hydrogens (tertiary/aromatic N) is 1. The molecule has 24 heavy (non-hydrogen) atoms. The van der Waals surface area contributed by atoms with Gasteiger partial charge in [-0.3, -0.25) is 0 Å². The van der Waals surface area contributed by atoms with Crippen molar-refractivity contribution in [2.24, 2.45) is 0 Å². The van der Waals surface area contributed by atoms with Gasteiger partial charge in [0.25, 0.3) is 0 Å². The largest absolute Gasteiger partial charge is 0.308 e. The third-order valence-corrected chi connectivity index (χ3v) is 5.52. The lowest BCUT2D eigenvalue weighted by Crippen LogP contribution is -2.14. The standard InChI is InChI=1S/C22H15NS/c1-2-10-18(11-3-1)23-19-12-6-7-13-21(19)24-22-15-17-9-5-4-8-16(17)14-20(22)23/h1-15H. The second-order valence-corrected chi connectivity index (χ2v) is 6.99. The zero-order valence-corrected chi connectivity index (χ0v) is 13.8. The molecule has 1 nitrogen and oxygen atoms in total. The molecule has 1 aliphatic rings. The van der Waals surface area contributed by atoms with E-state index in [1.807, 2.05) is 11.8 Å². The summed E-state index contributed by atoms with van der Waals surface area (Å²) in [7, 11) is 0. The first-order valence-electron chi connectivity index (χ1n) is 8.05. The Hall–Kier alpha value is -2.71. The van der Waals surface area contributed by atoms with Gasteiger partial charge in [-0.2, -0.15) is 0 Å². The predicted molar refractivity (Wildman–Crippen MR) is 103 cm³/mol. The molecule has 2 heteroatoms. The van der Waals surface area contributed by atoms with Gasteiger partial charge in [0.1, 0.15) is 0 Å². The Morgan fingerprint density at radius 2 is 1.21 bits per heavy atom. The zero-order valence-electron chi connectivity index (χ0n) is 13.0. The summed E-state index contributed by atoms with van der Waals surface area (Å²) in [6.45, 7) is 0. The van der Waals surface area contributed by atoms with Crippen molar-refractivity contribution in [3.8, 4) is 0 Å². The summed E-state index contributed by atoms with van der Waals surface area (Å²) in [5, 5.41) is 2.56. The molecule has 1 heterocycles. The summed E-state index contributed by atoms with van der Waals surface area (Å²) in [6, 6.07) is 32.4. The van der Waals surface area contributed by atoms with E-state index in [1.165, 1.54) is 37.6 Å². The quantitative estimate of drug-likeness (QED) is 0.334. The van der Waals surface area contributed by atoms with E-state index in [1.54, 1.807) is 0 Å². The molecule has 1 aliphatic heterocycles. The lowest BCUT2D eigenvalue weighted by Gasteiger charge is -2.33. The molecule has 0 radical (unpaired) electrons. The van der Waals surface area contributed by atoms with E-state index in [0.717, 1.165) is 0 Å². The van der Waals surface area contributed by atoms with Crippen LogP contribution in [0.15, 0.2) is 101 Å². The minimum absolute atomic E-state index is 1.20. The van der Waals surface area contributed by atoms with E-state index in [-0.39, 0.29) is 0 Å². The highest BCUT2D eigenvalue weighted by molar-refractivity contribution is 7.99. The van der Waals surface area contributed by atoms with E-state index in [0.29, 0.717) is 0 Å². The van der Waals surface area contributed by atoms with Crippen molar-refractivity contribution in [2.45, 2.75) is 9.79 Å². The summed E-state index contributed by atoms with van der Waals surface area (Å²) < 4.78 is 0. The molecule has 0 bridgehead atoms. The third kappa shape index (κ3) is 2.11. The maximum atomic E-state index is 2.37. The lowest BCUT2D eigenvalue weighted by molar-refractivity contribution is 1.17. The summed E-state index contributed by atoms with van der Waals surface area (Å²) in [5.74, 6) is 0. The van der Waals surface area contributed by atoms with Crippen LogP contribution < -0.4 is 4.90 Å². The molecular formula is C22H15NS. The molecule has 0 saturated carbocycles. The Morgan fingerprint density at radius 1 is 0.542 bits per heavy atom. The first-order chi connectivity index (χ1) is 11.9. The highest BCUT2D eigenvalue weighted by Crippen LogP contribution is 2.52. The number of hydrogen-bond donors (Lipinski definition) is 0. The average Bonchev–Trinajstić information content (AvgIpc) is 2.65. The van der Waals surface area contributed by atoms with Crippen molar-refractivity contribution in [3.63, 3.8) is 0 Å². The Kier molecular flexibility index (Phi) is 3.10. The van der Waals surface area contributed by atoms with E-state index >= 15 is 0 Å². The van der Waals surface area contributed by atoms with Gasteiger partial charge in [-0.15, -0.1) is 0 Å². The van der Waals surface area contributed by atoms with Crippen LogP contribution in [0.5, 0.6) is 0 Å².